The summed E-state index contributed by atoms with van der Waals surface area (Å²) in [6.07, 6.45) is 0. The molecule has 2 N–H and O–H groups in total. The molecule has 4 heteroatoms. The first-order valence-corrected chi connectivity index (χ1v) is 6.94. The summed E-state index contributed by atoms with van der Waals surface area (Å²) in [5.74, 6) is -0.290. The minimum absolute atomic E-state index is 0.209. The number of carboxylic acid groups (broad SMARTS) is 1. The molecule has 0 radical (unpaired) electrons. The molecule has 0 amide bonds. The van der Waals surface area contributed by atoms with Crippen LogP contribution in [0, 0.1) is 0 Å². The number of hydrogen-bond acceptors (Lipinski definition) is 2. The molecule has 4 aromatic rings. The number of imidazole rings is 1. The van der Waals surface area contributed by atoms with E-state index >= 15 is 0 Å². The smallest absolute Gasteiger partial charge is 0.337 e. The number of aromatic amines is 1. The van der Waals surface area contributed by atoms with E-state index in [0.29, 0.717) is 11.3 Å². The second-order valence-electron chi connectivity index (χ2n) is 5.12. The summed E-state index contributed by atoms with van der Waals surface area (Å²) in [7, 11) is 0. The van der Waals surface area contributed by atoms with Crippen LogP contribution in [0.1, 0.15) is 10.4 Å². The molecule has 0 fully saturated rings. The maximum Gasteiger partial charge on any atom is 0.337 e. The molecule has 0 atom stereocenters. The van der Waals surface area contributed by atoms with E-state index in [2.05, 4.69) is 9.97 Å². The topological polar surface area (TPSA) is 66.0 Å². The van der Waals surface area contributed by atoms with Crippen LogP contribution in [0.5, 0.6) is 0 Å². The van der Waals surface area contributed by atoms with Gasteiger partial charge in [0.15, 0.2) is 0 Å². The number of nitrogens with zero attached hydrogens (tertiary/aromatic N) is 1. The average molecular weight is 288 g/mol. The summed E-state index contributed by atoms with van der Waals surface area (Å²) in [6.45, 7) is 0. The SMILES string of the molecule is O=C(O)c1cccc2[nH]c(-c3cccc4ccccc34)nc12. The summed E-state index contributed by atoms with van der Waals surface area (Å²) in [5, 5.41) is 11.5. The zero-order chi connectivity index (χ0) is 15.1. The number of carboxylic acids is 1. The van der Waals surface area contributed by atoms with Gasteiger partial charge in [0.25, 0.3) is 0 Å². The van der Waals surface area contributed by atoms with Gasteiger partial charge < -0.3 is 10.1 Å². The molecule has 1 aromatic heterocycles. The van der Waals surface area contributed by atoms with E-state index in [1.165, 1.54) is 0 Å². The second-order valence-corrected chi connectivity index (χ2v) is 5.12. The lowest BCUT2D eigenvalue weighted by Gasteiger charge is -2.03. The van der Waals surface area contributed by atoms with Crippen LogP contribution in [0.15, 0.2) is 60.7 Å². The van der Waals surface area contributed by atoms with Crippen LogP contribution < -0.4 is 0 Å². The van der Waals surface area contributed by atoms with Gasteiger partial charge in [-0.2, -0.15) is 0 Å². The Morgan fingerprint density at radius 2 is 1.73 bits per heavy atom. The van der Waals surface area contributed by atoms with E-state index < -0.39 is 5.97 Å². The van der Waals surface area contributed by atoms with Crippen LogP contribution in [0.2, 0.25) is 0 Å². The zero-order valence-corrected chi connectivity index (χ0v) is 11.6. The van der Waals surface area contributed by atoms with Gasteiger partial charge in [0.2, 0.25) is 0 Å². The Labute approximate surface area is 126 Å². The first kappa shape index (κ1) is 12.6. The minimum Gasteiger partial charge on any atom is -0.478 e. The number of aromatic carboxylic acids is 1. The standard InChI is InChI=1S/C18H12N2O2/c21-18(22)14-9-4-10-15-16(14)20-17(19-15)13-8-3-6-11-5-1-2-7-12(11)13/h1-10H,(H,19,20)(H,21,22). The highest BCUT2D eigenvalue weighted by Gasteiger charge is 2.14. The van der Waals surface area contributed by atoms with Crippen molar-refractivity contribution < 1.29 is 9.90 Å². The third-order valence-corrected chi connectivity index (χ3v) is 3.79. The first-order chi connectivity index (χ1) is 10.7. The Bertz CT molecular complexity index is 1010. The number of hydrogen-bond donors (Lipinski definition) is 2. The van der Waals surface area contributed by atoms with Gasteiger partial charge in [-0.3, -0.25) is 0 Å². The van der Waals surface area contributed by atoms with E-state index in [1.807, 2.05) is 48.5 Å². The fourth-order valence-corrected chi connectivity index (χ4v) is 2.76. The molecule has 1 heterocycles. The van der Waals surface area contributed by atoms with Gasteiger partial charge in [-0.25, -0.2) is 9.78 Å². The van der Waals surface area contributed by atoms with E-state index in [4.69, 9.17) is 0 Å². The monoisotopic (exact) mass is 288 g/mol. The number of aromatic nitrogens is 2. The zero-order valence-electron chi connectivity index (χ0n) is 11.6. The molecule has 0 unspecified atom stereocenters. The van der Waals surface area contributed by atoms with Crippen molar-refractivity contribution in [2.24, 2.45) is 0 Å². The van der Waals surface area contributed by atoms with Crippen molar-refractivity contribution in [1.29, 1.82) is 0 Å². The fourth-order valence-electron chi connectivity index (χ4n) is 2.76. The molecule has 0 saturated carbocycles. The molecule has 0 aliphatic heterocycles. The van der Waals surface area contributed by atoms with Gasteiger partial charge in [-0.1, -0.05) is 48.5 Å². The highest BCUT2D eigenvalue weighted by molar-refractivity contribution is 6.03. The summed E-state index contributed by atoms with van der Waals surface area (Å²) in [5.41, 5.74) is 2.38. The Morgan fingerprint density at radius 3 is 2.59 bits per heavy atom. The molecule has 0 spiro atoms. The molecule has 106 valence electrons. The maximum absolute atomic E-state index is 11.3. The van der Waals surface area contributed by atoms with E-state index in [9.17, 15) is 9.90 Å². The second kappa shape index (κ2) is 4.70. The highest BCUT2D eigenvalue weighted by atomic mass is 16.4. The predicted molar refractivity (Wildman–Crippen MR) is 86.0 cm³/mol. The Morgan fingerprint density at radius 1 is 0.955 bits per heavy atom. The summed E-state index contributed by atoms with van der Waals surface area (Å²) in [6, 6.07) is 19.2. The van der Waals surface area contributed by atoms with E-state index in [0.717, 1.165) is 21.9 Å². The van der Waals surface area contributed by atoms with Gasteiger partial charge in [-0.15, -0.1) is 0 Å². The number of H-pyrrole nitrogens is 1. The third-order valence-electron chi connectivity index (χ3n) is 3.79. The van der Waals surface area contributed by atoms with Crippen molar-refractivity contribution in [2.75, 3.05) is 0 Å². The molecule has 0 aliphatic rings. The van der Waals surface area contributed by atoms with Crippen molar-refractivity contribution in [2.45, 2.75) is 0 Å². The molecule has 4 nitrogen and oxygen atoms in total. The number of para-hydroxylation sites is 1. The number of benzene rings is 3. The van der Waals surface area contributed by atoms with Crippen molar-refractivity contribution in [3.63, 3.8) is 0 Å². The molecule has 0 saturated heterocycles. The van der Waals surface area contributed by atoms with Crippen molar-refractivity contribution in [3.8, 4) is 11.4 Å². The summed E-state index contributed by atoms with van der Waals surface area (Å²) >= 11 is 0. The van der Waals surface area contributed by atoms with Crippen molar-refractivity contribution in [3.05, 3.63) is 66.2 Å². The van der Waals surface area contributed by atoms with Crippen LogP contribution in [0.25, 0.3) is 33.2 Å². The first-order valence-electron chi connectivity index (χ1n) is 6.94. The summed E-state index contributed by atoms with van der Waals surface area (Å²) < 4.78 is 0. The lowest BCUT2D eigenvalue weighted by Crippen LogP contribution is -1.96. The number of fused-ring (bicyclic) bond motifs is 2. The quantitative estimate of drug-likeness (QED) is 0.584. The molecule has 22 heavy (non-hydrogen) atoms. The van der Waals surface area contributed by atoms with Gasteiger partial charge >= 0.3 is 5.97 Å². The molecule has 0 bridgehead atoms. The maximum atomic E-state index is 11.3. The molecular formula is C18H12N2O2. The Balaban J connectivity index is 2.01. The van der Waals surface area contributed by atoms with Crippen LogP contribution in [0.4, 0.5) is 0 Å². The van der Waals surface area contributed by atoms with Crippen LogP contribution >= 0.6 is 0 Å². The van der Waals surface area contributed by atoms with E-state index in [1.54, 1.807) is 12.1 Å². The van der Waals surface area contributed by atoms with Gasteiger partial charge in [0, 0.05) is 5.56 Å². The minimum atomic E-state index is -0.971. The van der Waals surface area contributed by atoms with Crippen LogP contribution in [-0.4, -0.2) is 21.0 Å². The Kier molecular flexibility index (Phi) is 2.69. The molecular weight excluding hydrogens is 276 g/mol. The fraction of sp³-hybridized carbons (Fsp3) is 0. The van der Waals surface area contributed by atoms with Gasteiger partial charge in [0.1, 0.15) is 11.3 Å². The third kappa shape index (κ3) is 1.85. The van der Waals surface area contributed by atoms with Crippen LogP contribution in [0.3, 0.4) is 0 Å². The predicted octanol–water partition coefficient (Wildman–Crippen LogP) is 4.08. The lowest BCUT2D eigenvalue weighted by molar-refractivity contribution is 0.0699. The molecule has 4 rings (SSSR count). The highest BCUT2D eigenvalue weighted by Crippen LogP contribution is 2.29. The van der Waals surface area contributed by atoms with Crippen LogP contribution in [-0.2, 0) is 0 Å². The number of rotatable bonds is 2. The normalized spacial score (nSPS) is 11.1. The largest absolute Gasteiger partial charge is 0.478 e. The Hall–Kier alpha value is -3.14. The average Bonchev–Trinajstić information content (AvgIpc) is 2.97. The van der Waals surface area contributed by atoms with Gasteiger partial charge in [-0.05, 0) is 22.9 Å². The lowest BCUT2D eigenvalue weighted by atomic mass is 10.0. The van der Waals surface area contributed by atoms with Crippen molar-refractivity contribution >= 4 is 27.8 Å². The molecule has 3 aromatic carbocycles. The van der Waals surface area contributed by atoms with Gasteiger partial charge in [0.05, 0.1) is 11.1 Å². The number of carbonyl (C=O) groups is 1. The van der Waals surface area contributed by atoms with Crippen molar-refractivity contribution in [1.82, 2.24) is 9.97 Å². The van der Waals surface area contributed by atoms with E-state index in [-0.39, 0.29) is 5.56 Å². The number of nitrogens with one attached hydrogen (secondary N) is 1. The molecule has 0 aliphatic carbocycles. The summed E-state index contributed by atoms with van der Waals surface area (Å²) in [4.78, 5) is 19.1.